The molecular formula is C23H26FNO4. The topological polar surface area (TPSA) is 55.8 Å². The minimum absolute atomic E-state index is 0.140. The fourth-order valence-electron chi connectivity index (χ4n) is 3.53. The molecule has 0 bridgehead atoms. The number of halogens is 1. The van der Waals surface area contributed by atoms with Gasteiger partial charge in [0, 0.05) is 18.7 Å². The molecule has 0 spiro atoms. The first-order valence-corrected chi connectivity index (χ1v) is 9.85. The largest absolute Gasteiger partial charge is 0.490 e. The van der Waals surface area contributed by atoms with Crippen LogP contribution in [0.5, 0.6) is 5.75 Å². The van der Waals surface area contributed by atoms with Crippen molar-refractivity contribution < 1.29 is 23.5 Å². The zero-order chi connectivity index (χ0) is 20.8. The summed E-state index contributed by atoms with van der Waals surface area (Å²) in [6, 6.07) is 11.5. The SMILES string of the molecule is Cc1cc(C)cc(OCCOC(=O)C2CCN(C(=O)c3ccc(F)cc3)CC2)c1. The van der Waals surface area contributed by atoms with E-state index < -0.39 is 0 Å². The molecule has 0 aliphatic carbocycles. The van der Waals surface area contributed by atoms with Crippen molar-refractivity contribution in [2.75, 3.05) is 26.3 Å². The lowest BCUT2D eigenvalue weighted by Gasteiger charge is -2.31. The number of likely N-dealkylation sites (tertiary alicyclic amines) is 1. The maximum Gasteiger partial charge on any atom is 0.309 e. The normalized spacial score (nSPS) is 14.5. The molecule has 1 heterocycles. The highest BCUT2D eigenvalue weighted by molar-refractivity contribution is 5.94. The number of aryl methyl sites for hydroxylation is 2. The molecule has 0 atom stereocenters. The Morgan fingerprint density at radius 3 is 2.24 bits per heavy atom. The summed E-state index contributed by atoms with van der Waals surface area (Å²) < 4.78 is 24.0. The highest BCUT2D eigenvalue weighted by Crippen LogP contribution is 2.21. The molecular weight excluding hydrogens is 373 g/mol. The average molecular weight is 399 g/mol. The summed E-state index contributed by atoms with van der Waals surface area (Å²) in [5.41, 5.74) is 2.70. The van der Waals surface area contributed by atoms with Gasteiger partial charge in [0.1, 0.15) is 24.8 Å². The highest BCUT2D eigenvalue weighted by Gasteiger charge is 2.28. The zero-order valence-electron chi connectivity index (χ0n) is 16.8. The van der Waals surface area contributed by atoms with Crippen LogP contribution >= 0.6 is 0 Å². The van der Waals surface area contributed by atoms with Crippen LogP contribution in [0.4, 0.5) is 4.39 Å². The molecule has 2 aromatic rings. The molecule has 0 radical (unpaired) electrons. The Kier molecular flexibility index (Phi) is 6.86. The maximum atomic E-state index is 13.0. The number of ether oxygens (including phenoxy) is 2. The van der Waals surface area contributed by atoms with E-state index in [1.807, 2.05) is 26.0 Å². The number of carbonyl (C=O) groups excluding carboxylic acids is 2. The average Bonchev–Trinajstić information content (AvgIpc) is 2.70. The van der Waals surface area contributed by atoms with Crippen LogP contribution in [0.15, 0.2) is 42.5 Å². The number of hydrogen-bond donors (Lipinski definition) is 0. The Morgan fingerprint density at radius 1 is 1.00 bits per heavy atom. The van der Waals surface area contributed by atoms with Crippen LogP contribution in [0.25, 0.3) is 0 Å². The summed E-state index contributed by atoms with van der Waals surface area (Å²) >= 11 is 0. The van der Waals surface area contributed by atoms with Crippen LogP contribution in [0.2, 0.25) is 0 Å². The molecule has 1 aliphatic heterocycles. The van der Waals surface area contributed by atoms with Gasteiger partial charge < -0.3 is 14.4 Å². The van der Waals surface area contributed by atoms with Crippen LogP contribution in [-0.4, -0.2) is 43.1 Å². The number of nitrogens with zero attached hydrogens (tertiary/aromatic N) is 1. The second kappa shape index (κ2) is 9.54. The molecule has 0 unspecified atom stereocenters. The molecule has 29 heavy (non-hydrogen) atoms. The van der Waals surface area contributed by atoms with E-state index in [0.29, 0.717) is 38.1 Å². The summed E-state index contributed by atoms with van der Waals surface area (Å²) in [7, 11) is 0. The van der Waals surface area contributed by atoms with E-state index in [-0.39, 0.29) is 30.2 Å². The number of hydrogen-bond acceptors (Lipinski definition) is 4. The number of benzene rings is 2. The van der Waals surface area contributed by atoms with E-state index in [1.165, 1.54) is 24.3 Å². The van der Waals surface area contributed by atoms with E-state index in [4.69, 9.17) is 9.47 Å². The summed E-state index contributed by atoms with van der Waals surface area (Å²) in [4.78, 5) is 26.4. The molecule has 6 heteroatoms. The number of carbonyl (C=O) groups is 2. The molecule has 0 saturated carbocycles. The smallest absolute Gasteiger partial charge is 0.309 e. The molecule has 3 rings (SSSR count). The van der Waals surface area contributed by atoms with E-state index in [2.05, 4.69) is 6.07 Å². The van der Waals surface area contributed by atoms with Crippen molar-refractivity contribution in [2.45, 2.75) is 26.7 Å². The van der Waals surface area contributed by atoms with Crippen molar-refractivity contribution in [3.63, 3.8) is 0 Å². The highest BCUT2D eigenvalue weighted by atomic mass is 19.1. The summed E-state index contributed by atoms with van der Waals surface area (Å²) in [5.74, 6) is -0.203. The van der Waals surface area contributed by atoms with Gasteiger partial charge in [-0.1, -0.05) is 6.07 Å². The number of rotatable bonds is 6. The van der Waals surface area contributed by atoms with Crippen molar-refractivity contribution in [1.29, 1.82) is 0 Å². The quantitative estimate of drug-likeness (QED) is 0.546. The van der Waals surface area contributed by atoms with Gasteiger partial charge in [0.05, 0.1) is 5.92 Å². The summed E-state index contributed by atoms with van der Waals surface area (Å²) in [6.07, 6.45) is 1.12. The summed E-state index contributed by atoms with van der Waals surface area (Å²) in [6.45, 7) is 5.47. The monoisotopic (exact) mass is 399 g/mol. The molecule has 1 amide bonds. The van der Waals surface area contributed by atoms with Gasteiger partial charge in [0.15, 0.2) is 0 Å². The molecule has 2 aromatic carbocycles. The third kappa shape index (κ3) is 5.79. The fraction of sp³-hybridized carbons (Fsp3) is 0.391. The third-order valence-corrected chi connectivity index (χ3v) is 5.00. The van der Waals surface area contributed by atoms with Gasteiger partial charge in [-0.25, -0.2) is 4.39 Å². The predicted octanol–water partition coefficient (Wildman–Crippen LogP) is 3.92. The second-order valence-electron chi connectivity index (χ2n) is 7.41. The zero-order valence-corrected chi connectivity index (χ0v) is 16.8. The van der Waals surface area contributed by atoms with Crippen molar-refractivity contribution >= 4 is 11.9 Å². The van der Waals surface area contributed by atoms with Gasteiger partial charge >= 0.3 is 5.97 Å². The molecule has 154 valence electrons. The Bertz CT molecular complexity index is 837. The minimum Gasteiger partial charge on any atom is -0.490 e. The van der Waals surface area contributed by atoms with E-state index >= 15 is 0 Å². The van der Waals surface area contributed by atoms with Crippen molar-refractivity contribution in [1.82, 2.24) is 4.90 Å². The maximum absolute atomic E-state index is 13.0. The molecule has 5 nitrogen and oxygen atoms in total. The van der Waals surface area contributed by atoms with Gasteiger partial charge in [0.25, 0.3) is 5.91 Å². The number of piperidine rings is 1. The fourth-order valence-corrected chi connectivity index (χ4v) is 3.53. The molecule has 1 aliphatic rings. The standard InChI is InChI=1S/C23H26FNO4/c1-16-13-17(2)15-21(14-16)28-11-12-29-23(27)19-7-9-25(10-8-19)22(26)18-3-5-20(24)6-4-18/h3-6,13-15,19H,7-12H2,1-2H3. The summed E-state index contributed by atoms with van der Waals surface area (Å²) in [5, 5.41) is 0. The van der Waals surface area contributed by atoms with Gasteiger partial charge in [-0.3, -0.25) is 9.59 Å². The van der Waals surface area contributed by atoms with Crippen LogP contribution in [0.1, 0.15) is 34.3 Å². The number of amides is 1. The van der Waals surface area contributed by atoms with Gasteiger partial charge in [-0.15, -0.1) is 0 Å². The van der Waals surface area contributed by atoms with Crippen LogP contribution in [-0.2, 0) is 9.53 Å². The van der Waals surface area contributed by atoms with Gasteiger partial charge in [-0.2, -0.15) is 0 Å². The second-order valence-corrected chi connectivity index (χ2v) is 7.41. The molecule has 1 saturated heterocycles. The first-order valence-electron chi connectivity index (χ1n) is 9.85. The Morgan fingerprint density at radius 2 is 1.62 bits per heavy atom. The lowest BCUT2D eigenvalue weighted by atomic mass is 9.96. The van der Waals surface area contributed by atoms with Gasteiger partial charge in [0.2, 0.25) is 0 Å². The Balaban J connectivity index is 1.39. The van der Waals surface area contributed by atoms with Crippen LogP contribution in [0, 0.1) is 25.6 Å². The minimum atomic E-state index is -0.371. The molecule has 1 fully saturated rings. The van der Waals surface area contributed by atoms with Crippen molar-refractivity contribution in [2.24, 2.45) is 5.92 Å². The molecule has 0 aromatic heterocycles. The van der Waals surface area contributed by atoms with Gasteiger partial charge in [-0.05, 0) is 74.2 Å². The van der Waals surface area contributed by atoms with Crippen molar-refractivity contribution in [3.05, 3.63) is 65.0 Å². The lowest BCUT2D eigenvalue weighted by molar-refractivity contribution is -0.150. The third-order valence-electron chi connectivity index (χ3n) is 5.00. The van der Waals surface area contributed by atoms with E-state index in [0.717, 1.165) is 16.9 Å². The van der Waals surface area contributed by atoms with E-state index in [9.17, 15) is 14.0 Å². The van der Waals surface area contributed by atoms with Crippen molar-refractivity contribution in [3.8, 4) is 5.75 Å². The number of esters is 1. The first-order chi connectivity index (χ1) is 13.9. The Hall–Kier alpha value is -2.89. The lowest BCUT2D eigenvalue weighted by Crippen LogP contribution is -2.40. The predicted molar refractivity (Wildman–Crippen MR) is 107 cm³/mol. The first kappa shape index (κ1) is 20.8. The Labute approximate surface area is 170 Å². The van der Waals surface area contributed by atoms with Crippen LogP contribution in [0.3, 0.4) is 0 Å². The van der Waals surface area contributed by atoms with E-state index in [1.54, 1.807) is 4.90 Å². The molecule has 0 N–H and O–H groups in total. The van der Waals surface area contributed by atoms with Crippen LogP contribution < -0.4 is 4.74 Å².